The number of nitrogens with zero attached hydrogens (tertiary/aromatic N) is 2. The predicted octanol–water partition coefficient (Wildman–Crippen LogP) is 3.74. The lowest BCUT2D eigenvalue weighted by Crippen LogP contribution is -2.28. The number of carbonyl (C=O) groups excluding carboxylic acids is 1. The Balaban J connectivity index is 1.40. The molecule has 154 valence electrons. The van der Waals surface area contributed by atoms with Crippen LogP contribution in [-0.2, 0) is 13.2 Å². The maximum atomic E-state index is 12.6. The third kappa shape index (κ3) is 5.25. The molecular formula is C25H21N3O3. The monoisotopic (exact) mass is 411 g/mol. The fraction of sp³-hybridized carbons (Fsp3) is 0.0800. The van der Waals surface area contributed by atoms with Gasteiger partial charge in [-0.2, -0.15) is 9.78 Å². The van der Waals surface area contributed by atoms with E-state index in [9.17, 15) is 9.59 Å². The van der Waals surface area contributed by atoms with Crippen molar-refractivity contribution >= 4 is 5.91 Å². The number of ether oxygens (including phenoxy) is 1. The Kier molecular flexibility index (Phi) is 6.18. The van der Waals surface area contributed by atoms with Crippen LogP contribution >= 0.6 is 0 Å². The Hall–Kier alpha value is -4.19. The van der Waals surface area contributed by atoms with Crippen molar-refractivity contribution in [3.63, 3.8) is 0 Å². The second kappa shape index (κ2) is 9.54. The molecule has 0 atom stereocenters. The highest BCUT2D eigenvalue weighted by Gasteiger charge is 2.10. The molecule has 0 aliphatic rings. The van der Waals surface area contributed by atoms with E-state index in [1.807, 2.05) is 72.8 Å². The number of hydrogen-bond donors (Lipinski definition) is 1. The van der Waals surface area contributed by atoms with Gasteiger partial charge in [-0.1, -0.05) is 60.7 Å². The molecule has 4 aromatic rings. The van der Waals surface area contributed by atoms with Crippen LogP contribution in [-0.4, -0.2) is 15.7 Å². The standard InChI is InChI=1S/C25H21N3O3/c29-24-15-14-23(27-28(24)21-10-3-1-4-11-21)25(30)26-17-19-8-7-9-20(16-19)18-31-22-12-5-2-6-13-22/h1-16H,17-18H2,(H,26,30). The van der Waals surface area contributed by atoms with Gasteiger partial charge >= 0.3 is 0 Å². The number of benzene rings is 3. The lowest BCUT2D eigenvalue weighted by molar-refractivity contribution is 0.0944. The van der Waals surface area contributed by atoms with Crippen LogP contribution in [0.3, 0.4) is 0 Å². The molecule has 6 nitrogen and oxygen atoms in total. The van der Waals surface area contributed by atoms with E-state index in [0.29, 0.717) is 18.8 Å². The van der Waals surface area contributed by atoms with Crippen molar-refractivity contribution in [3.05, 3.63) is 124 Å². The molecule has 0 spiro atoms. The summed E-state index contributed by atoms with van der Waals surface area (Å²) in [6, 6.07) is 29.2. The number of hydrogen-bond acceptors (Lipinski definition) is 4. The Morgan fingerprint density at radius 3 is 2.32 bits per heavy atom. The van der Waals surface area contributed by atoms with Crippen LogP contribution in [0.2, 0.25) is 0 Å². The van der Waals surface area contributed by atoms with Gasteiger partial charge in [0.15, 0.2) is 0 Å². The molecule has 1 amide bonds. The van der Waals surface area contributed by atoms with Crippen molar-refractivity contribution in [1.29, 1.82) is 0 Å². The number of nitrogens with one attached hydrogen (secondary N) is 1. The van der Waals surface area contributed by atoms with Gasteiger partial charge in [-0.3, -0.25) is 9.59 Å². The van der Waals surface area contributed by atoms with Gasteiger partial charge in [-0.25, -0.2) is 0 Å². The van der Waals surface area contributed by atoms with Crippen molar-refractivity contribution in [2.75, 3.05) is 0 Å². The fourth-order valence-electron chi connectivity index (χ4n) is 3.07. The molecular weight excluding hydrogens is 390 g/mol. The highest BCUT2D eigenvalue weighted by atomic mass is 16.5. The number of carbonyl (C=O) groups is 1. The first-order valence-corrected chi connectivity index (χ1v) is 9.89. The summed E-state index contributed by atoms with van der Waals surface area (Å²) < 4.78 is 7.00. The molecule has 6 heteroatoms. The summed E-state index contributed by atoms with van der Waals surface area (Å²) in [4.78, 5) is 24.7. The third-order valence-electron chi connectivity index (χ3n) is 4.63. The average Bonchev–Trinajstić information content (AvgIpc) is 2.83. The summed E-state index contributed by atoms with van der Waals surface area (Å²) in [5.74, 6) is 0.455. The van der Waals surface area contributed by atoms with Gasteiger partial charge in [-0.15, -0.1) is 0 Å². The Bertz CT molecular complexity index is 1220. The topological polar surface area (TPSA) is 73.2 Å². The van der Waals surface area contributed by atoms with E-state index < -0.39 is 0 Å². The van der Waals surface area contributed by atoms with Crippen molar-refractivity contribution < 1.29 is 9.53 Å². The largest absolute Gasteiger partial charge is 0.489 e. The van der Waals surface area contributed by atoms with Crippen molar-refractivity contribution in [2.24, 2.45) is 0 Å². The van der Waals surface area contributed by atoms with Gasteiger partial charge in [0.05, 0.1) is 5.69 Å². The zero-order valence-electron chi connectivity index (χ0n) is 16.8. The average molecular weight is 411 g/mol. The smallest absolute Gasteiger partial charge is 0.272 e. The van der Waals surface area contributed by atoms with E-state index in [1.54, 1.807) is 12.1 Å². The number of aromatic nitrogens is 2. The lowest BCUT2D eigenvalue weighted by Gasteiger charge is -2.10. The third-order valence-corrected chi connectivity index (χ3v) is 4.63. The highest BCUT2D eigenvalue weighted by molar-refractivity contribution is 5.92. The molecule has 1 N–H and O–H groups in total. The maximum Gasteiger partial charge on any atom is 0.272 e. The minimum Gasteiger partial charge on any atom is -0.489 e. The van der Waals surface area contributed by atoms with Crippen molar-refractivity contribution in [1.82, 2.24) is 15.1 Å². The van der Waals surface area contributed by atoms with E-state index in [4.69, 9.17) is 4.74 Å². The normalized spacial score (nSPS) is 10.5. The van der Waals surface area contributed by atoms with E-state index in [2.05, 4.69) is 10.4 Å². The van der Waals surface area contributed by atoms with Gasteiger partial charge in [0.25, 0.3) is 11.5 Å². The highest BCUT2D eigenvalue weighted by Crippen LogP contribution is 2.13. The van der Waals surface area contributed by atoms with Gasteiger partial charge in [0.2, 0.25) is 0 Å². The molecule has 3 aromatic carbocycles. The van der Waals surface area contributed by atoms with Crippen LogP contribution in [0, 0.1) is 0 Å². The summed E-state index contributed by atoms with van der Waals surface area (Å²) in [5.41, 5.74) is 2.43. The lowest BCUT2D eigenvalue weighted by atomic mass is 10.1. The minimum atomic E-state index is -0.351. The predicted molar refractivity (Wildman–Crippen MR) is 118 cm³/mol. The molecule has 31 heavy (non-hydrogen) atoms. The first-order valence-electron chi connectivity index (χ1n) is 9.89. The van der Waals surface area contributed by atoms with Crippen LogP contribution in [0.15, 0.2) is 102 Å². The maximum absolute atomic E-state index is 12.6. The van der Waals surface area contributed by atoms with E-state index in [0.717, 1.165) is 16.9 Å². The molecule has 0 saturated heterocycles. The van der Waals surface area contributed by atoms with Crippen LogP contribution < -0.4 is 15.6 Å². The molecule has 0 aliphatic carbocycles. The summed E-state index contributed by atoms with van der Waals surface area (Å²) in [7, 11) is 0. The molecule has 0 bridgehead atoms. The van der Waals surface area contributed by atoms with Crippen LogP contribution in [0.5, 0.6) is 5.75 Å². The molecule has 1 aromatic heterocycles. The number of amides is 1. The van der Waals surface area contributed by atoms with Gasteiger partial charge in [0.1, 0.15) is 18.1 Å². The summed E-state index contributed by atoms with van der Waals surface area (Å²) >= 11 is 0. The summed E-state index contributed by atoms with van der Waals surface area (Å²) in [6.45, 7) is 0.777. The Morgan fingerprint density at radius 1 is 0.839 bits per heavy atom. The Labute approximate surface area is 179 Å². The van der Waals surface area contributed by atoms with Crippen LogP contribution in [0.25, 0.3) is 5.69 Å². The molecule has 1 heterocycles. The quantitative estimate of drug-likeness (QED) is 0.503. The summed E-state index contributed by atoms with van der Waals surface area (Å²) in [5, 5.41) is 7.06. The van der Waals surface area contributed by atoms with E-state index in [-0.39, 0.29) is 17.2 Å². The number of para-hydroxylation sites is 2. The van der Waals surface area contributed by atoms with Gasteiger partial charge in [-0.05, 0) is 41.5 Å². The second-order valence-electron chi connectivity index (χ2n) is 6.91. The molecule has 0 unspecified atom stereocenters. The molecule has 0 fully saturated rings. The molecule has 0 aliphatic heterocycles. The SMILES string of the molecule is O=C(NCc1cccc(COc2ccccc2)c1)c1ccc(=O)n(-c2ccccc2)n1. The zero-order valence-corrected chi connectivity index (χ0v) is 16.8. The van der Waals surface area contributed by atoms with Crippen LogP contribution in [0.1, 0.15) is 21.6 Å². The van der Waals surface area contributed by atoms with Crippen LogP contribution in [0.4, 0.5) is 0 Å². The van der Waals surface area contributed by atoms with Gasteiger partial charge < -0.3 is 10.1 Å². The number of rotatable bonds is 7. The van der Waals surface area contributed by atoms with E-state index >= 15 is 0 Å². The first kappa shape index (κ1) is 20.1. The summed E-state index contributed by atoms with van der Waals surface area (Å²) in [6.07, 6.45) is 0. The first-order chi connectivity index (χ1) is 15.2. The van der Waals surface area contributed by atoms with Gasteiger partial charge in [0, 0.05) is 12.6 Å². The Morgan fingerprint density at radius 2 is 1.55 bits per heavy atom. The molecule has 4 rings (SSSR count). The van der Waals surface area contributed by atoms with Crippen molar-refractivity contribution in [2.45, 2.75) is 13.2 Å². The van der Waals surface area contributed by atoms with Crippen molar-refractivity contribution in [3.8, 4) is 11.4 Å². The minimum absolute atomic E-state index is 0.173. The molecule has 0 radical (unpaired) electrons. The molecule has 0 saturated carbocycles. The second-order valence-corrected chi connectivity index (χ2v) is 6.91. The van der Waals surface area contributed by atoms with E-state index in [1.165, 1.54) is 16.8 Å². The fourth-order valence-corrected chi connectivity index (χ4v) is 3.07. The zero-order chi connectivity index (χ0) is 21.5.